The number of rotatable bonds is 4. The Kier molecular flexibility index (Phi) is 3.92. The summed E-state index contributed by atoms with van der Waals surface area (Å²) >= 11 is 0. The van der Waals surface area contributed by atoms with E-state index in [1.807, 2.05) is 29.1 Å². The monoisotopic (exact) mass is 321 g/mol. The van der Waals surface area contributed by atoms with Crippen LogP contribution in [-0.4, -0.2) is 10.7 Å². The number of hydrogen-bond donors (Lipinski definition) is 0. The number of benzene rings is 2. The molecule has 3 heteroatoms. The average molecular weight is 321 g/mol. The van der Waals surface area contributed by atoms with Gasteiger partial charge in [0.2, 0.25) is 0 Å². The molecule has 0 amide bonds. The highest BCUT2D eigenvalue weighted by Crippen LogP contribution is 2.47. The van der Waals surface area contributed by atoms with E-state index in [-0.39, 0.29) is 0 Å². The molecule has 0 bridgehead atoms. The number of fused-ring (bicyclic) bond motifs is 3. The van der Waals surface area contributed by atoms with Crippen molar-refractivity contribution in [2.45, 2.75) is 10.9 Å². The quantitative estimate of drug-likeness (QED) is 0.578. The average Bonchev–Trinajstić information content (AvgIpc) is 2.91. The zero-order chi connectivity index (χ0) is 14.8. The molecule has 0 spiro atoms. The summed E-state index contributed by atoms with van der Waals surface area (Å²) < 4.78 is 0. The summed E-state index contributed by atoms with van der Waals surface area (Å²) in [6.45, 7) is 0. The Morgan fingerprint density at radius 1 is 0.773 bits per heavy atom. The van der Waals surface area contributed by atoms with E-state index in [9.17, 15) is 0 Å². The molecule has 0 saturated heterocycles. The molecule has 2 aromatic carbocycles. The third-order valence-electron chi connectivity index (χ3n) is 3.98. The van der Waals surface area contributed by atoms with Gasteiger partial charge in [0.1, 0.15) is 5.03 Å². The lowest BCUT2D eigenvalue weighted by atomic mass is 9.99. The maximum atomic E-state index is 4.37. The molecule has 0 fully saturated rings. The van der Waals surface area contributed by atoms with Crippen molar-refractivity contribution in [1.82, 2.24) is 4.98 Å². The summed E-state index contributed by atoms with van der Waals surface area (Å²) in [6, 6.07) is 23.6. The van der Waals surface area contributed by atoms with E-state index >= 15 is 0 Å². The van der Waals surface area contributed by atoms with E-state index in [4.69, 9.17) is 0 Å². The van der Waals surface area contributed by atoms with Crippen LogP contribution < -0.4 is 0 Å². The van der Waals surface area contributed by atoms with Crippen LogP contribution in [0.5, 0.6) is 0 Å². The fourth-order valence-electron chi connectivity index (χ4n) is 3.00. The van der Waals surface area contributed by atoms with Crippen molar-refractivity contribution in [2.24, 2.45) is 0 Å². The third-order valence-corrected chi connectivity index (χ3v) is 6.25. The SMILES string of the molecule is c1ccc(SSCC2c3ccccc3-c3ccccc32)nc1. The second-order valence-electron chi connectivity index (χ2n) is 5.26. The number of nitrogens with zero attached hydrogens (tertiary/aromatic N) is 1. The molecule has 4 rings (SSSR count). The van der Waals surface area contributed by atoms with E-state index in [0.29, 0.717) is 5.92 Å². The van der Waals surface area contributed by atoms with Crippen LogP contribution >= 0.6 is 21.6 Å². The van der Waals surface area contributed by atoms with E-state index in [2.05, 4.69) is 59.6 Å². The second-order valence-corrected chi connectivity index (χ2v) is 7.62. The van der Waals surface area contributed by atoms with Crippen molar-refractivity contribution in [2.75, 3.05) is 5.75 Å². The van der Waals surface area contributed by atoms with Crippen molar-refractivity contribution in [3.63, 3.8) is 0 Å². The Labute approximate surface area is 138 Å². The molecule has 1 nitrogen and oxygen atoms in total. The number of aromatic nitrogens is 1. The molecule has 0 radical (unpaired) electrons. The predicted molar refractivity (Wildman–Crippen MR) is 96.3 cm³/mol. The zero-order valence-electron chi connectivity index (χ0n) is 12.0. The minimum Gasteiger partial charge on any atom is -0.249 e. The van der Waals surface area contributed by atoms with Crippen LogP contribution in [0.2, 0.25) is 0 Å². The number of hydrogen-bond acceptors (Lipinski definition) is 3. The first-order valence-electron chi connectivity index (χ1n) is 7.32. The van der Waals surface area contributed by atoms with Crippen molar-refractivity contribution in [1.29, 1.82) is 0 Å². The fraction of sp³-hybridized carbons (Fsp3) is 0.105. The summed E-state index contributed by atoms with van der Waals surface area (Å²) in [6.07, 6.45) is 1.85. The fourth-order valence-corrected chi connectivity index (χ4v) is 5.19. The van der Waals surface area contributed by atoms with Gasteiger partial charge in [-0.05, 0) is 45.2 Å². The van der Waals surface area contributed by atoms with Gasteiger partial charge in [-0.3, -0.25) is 0 Å². The summed E-state index contributed by atoms with van der Waals surface area (Å²) in [5, 5.41) is 1.08. The minimum absolute atomic E-state index is 0.480. The molecule has 1 aliphatic rings. The van der Waals surface area contributed by atoms with Gasteiger partial charge in [0.05, 0.1) is 0 Å². The lowest BCUT2D eigenvalue weighted by Gasteiger charge is -2.12. The molecule has 0 atom stereocenters. The van der Waals surface area contributed by atoms with Gasteiger partial charge < -0.3 is 0 Å². The highest BCUT2D eigenvalue weighted by Gasteiger charge is 2.27. The van der Waals surface area contributed by atoms with Crippen LogP contribution in [0.15, 0.2) is 78.0 Å². The molecule has 1 aliphatic carbocycles. The first-order chi connectivity index (χ1) is 10.9. The summed E-state index contributed by atoms with van der Waals surface area (Å²) in [5.41, 5.74) is 5.70. The van der Waals surface area contributed by atoms with Gasteiger partial charge in [0.15, 0.2) is 0 Å². The van der Waals surface area contributed by atoms with Crippen LogP contribution in [0.25, 0.3) is 11.1 Å². The Bertz CT molecular complexity index is 741. The molecular weight excluding hydrogens is 306 g/mol. The largest absolute Gasteiger partial charge is 0.249 e. The van der Waals surface area contributed by atoms with Crippen LogP contribution in [0.1, 0.15) is 17.0 Å². The summed E-state index contributed by atoms with van der Waals surface area (Å²) in [5.74, 6) is 1.54. The lowest BCUT2D eigenvalue weighted by Crippen LogP contribution is -1.98. The molecule has 0 aliphatic heterocycles. The van der Waals surface area contributed by atoms with Gasteiger partial charge in [0, 0.05) is 17.9 Å². The van der Waals surface area contributed by atoms with Crippen LogP contribution in [-0.2, 0) is 0 Å². The molecule has 1 aromatic heterocycles. The van der Waals surface area contributed by atoms with Crippen molar-refractivity contribution >= 4 is 21.6 Å². The normalized spacial score (nSPS) is 12.9. The Hall–Kier alpha value is -1.71. The Morgan fingerprint density at radius 3 is 2.05 bits per heavy atom. The molecule has 0 saturated carbocycles. The summed E-state index contributed by atoms with van der Waals surface area (Å²) in [4.78, 5) is 4.37. The van der Waals surface area contributed by atoms with Crippen molar-refractivity contribution in [3.05, 3.63) is 84.1 Å². The van der Waals surface area contributed by atoms with Gasteiger partial charge in [-0.25, -0.2) is 4.98 Å². The highest BCUT2D eigenvalue weighted by molar-refractivity contribution is 8.76. The van der Waals surface area contributed by atoms with Crippen molar-refractivity contribution < 1.29 is 0 Å². The molecule has 0 N–H and O–H groups in total. The predicted octanol–water partition coefficient (Wildman–Crippen LogP) is 5.63. The van der Waals surface area contributed by atoms with Crippen LogP contribution in [0.3, 0.4) is 0 Å². The van der Waals surface area contributed by atoms with E-state index < -0.39 is 0 Å². The first kappa shape index (κ1) is 13.9. The Balaban J connectivity index is 1.57. The van der Waals surface area contributed by atoms with E-state index in [0.717, 1.165) is 10.8 Å². The Morgan fingerprint density at radius 2 is 1.41 bits per heavy atom. The molecule has 108 valence electrons. The molecule has 1 heterocycles. The zero-order valence-corrected chi connectivity index (χ0v) is 13.6. The summed E-state index contributed by atoms with van der Waals surface area (Å²) in [7, 11) is 3.65. The van der Waals surface area contributed by atoms with E-state index in [1.54, 1.807) is 10.8 Å². The van der Waals surface area contributed by atoms with Gasteiger partial charge in [-0.2, -0.15) is 0 Å². The van der Waals surface area contributed by atoms with Gasteiger partial charge in [0.25, 0.3) is 0 Å². The third kappa shape index (κ3) is 2.55. The number of pyridine rings is 1. The lowest BCUT2D eigenvalue weighted by molar-refractivity contribution is 0.975. The smallest absolute Gasteiger partial charge is 0.106 e. The topological polar surface area (TPSA) is 12.9 Å². The molecule has 0 unspecified atom stereocenters. The maximum absolute atomic E-state index is 4.37. The molecule has 3 aromatic rings. The first-order valence-corrected chi connectivity index (χ1v) is 9.64. The van der Waals surface area contributed by atoms with Gasteiger partial charge >= 0.3 is 0 Å². The van der Waals surface area contributed by atoms with Crippen LogP contribution in [0.4, 0.5) is 0 Å². The molecular formula is C19H15NS2. The van der Waals surface area contributed by atoms with E-state index in [1.165, 1.54) is 22.3 Å². The van der Waals surface area contributed by atoms with Gasteiger partial charge in [-0.1, -0.05) is 65.4 Å². The van der Waals surface area contributed by atoms with Crippen LogP contribution in [0, 0.1) is 0 Å². The minimum atomic E-state index is 0.480. The van der Waals surface area contributed by atoms with Crippen molar-refractivity contribution in [3.8, 4) is 11.1 Å². The van der Waals surface area contributed by atoms with Gasteiger partial charge in [-0.15, -0.1) is 0 Å². The maximum Gasteiger partial charge on any atom is 0.106 e. The standard InChI is InChI=1S/C19H15NS2/c1-3-9-16-14(7-1)15-8-2-4-10-17(15)18(16)13-21-22-19-11-5-6-12-20-19/h1-12,18H,13H2. The molecule has 22 heavy (non-hydrogen) atoms. The highest BCUT2D eigenvalue weighted by atomic mass is 33.1. The second kappa shape index (κ2) is 6.19.